The quantitative estimate of drug-likeness (QED) is 0.390. The van der Waals surface area contributed by atoms with Crippen molar-refractivity contribution >= 4 is 40.0 Å². The molecule has 1 spiro atoms. The van der Waals surface area contributed by atoms with Gasteiger partial charge < -0.3 is 14.4 Å². The van der Waals surface area contributed by atoms with E-state index in [1.54, 1.807) is 12.4 Å². The number of unbranched alkanes of at least 4 members (excludes halogenated alkanes) is 1. The summed E-state index contributed by atoms with van der Waals surface area (Å²) in [5.41, 5.74) is 3.27. The molecule has 1 fully saturated rings. The fourth-order valence-electron chi connectivity index (χ4n) is 5.92. The standard InChI is InChI=1S/C29H32ClN5O2/c1-20(2)15-27(36)33-13-8-29(9-14-33)24-7-11-32-18-26(24)35(28(29)37)19-23-17-21-16-22(30)5-6-25(21)34(23)12-4-3-10-31/h5-7,11,16-18,20H,3-4,8-9,12-15,19H2,1-2H3. The third-order valence-electron chi connectivity index (χ3n) is 7.75. The number of nitriles is 1. The number of hydrogen-bond donors (Lipinski definition) is 0. The van der Waals surface area contributed by atoms with Crippen molar-refractivity contribution in [3.8, 4) is 6.07 Å². The van der Waals surface area contributed by atoms with Crippen LogP contribution in [-0.4, -0.2) is 39.4 Å². The van der Waals surface area contributed by atoms with Crippen molar-refractivity contribution in [3.63, 3.8) is 0 Å². The monoisotopic (exact) mass is 517 g/mol. The molecule has 1 aromatic carbocycles. The molecule has 0 saturated carbocycles. The Kier molecular flexibility index (Phi) is 6.96. The molecule has 0 bridgehead atoms. The summed E-state index contributed by atoms with van der Waals surface area (Å²) in [6, 6.07) is 12.1. The van der Waals surface area contributed by atoms with Gasteiger partial charge in [-0.15, -0.1) is 0 Å². The second-order valence-corrected chi connectivity index (χ2v) is 11.0. The number of benzene rings is 1. The molecule has 2 aromatic heterocycles. The van der Waals surface area contributed by atoms with Crippen molar-refractivity contribution in [2.45, 2.75) is 64.5 Å². The molecule has 1 saturated heterocycles. The molecule has 0 radical (unpaired) electrons. The van der Waals surface area contributed by atoms with Gasteiger partial charge in [0.25, 0.3) is 0 Å². The van der Waals surface area contributed by atoms with Crippen molar-refractivity contribution in [2.75, 3.05) is 18.0 Å². The predicted molar refractivity (Wildman–Crippen MR) is 144 cm³/mol. The van der Waals surface area contributed by atoms with Crippen molar-refractivity contribution in [2.24, 2.45) is 5.92 Å². The lowest BCUT2D eigenvalue weighted by Crippen LogP contribution is -2.50. The number of anilines is 1. The van der Waals surface area contributed by atoms with E-state index < -0.39 is 5.41 Å². The molecule has 5 rings (SSSR count). The Morgan fingerprint density at radius 1 is 1.22 bits per heavy atom. The van der Waals surface area contributed by atoms with Crippen LogP contribution in [0.3, 0.4) is 0 Å². The van der Waals surface area contributed by atoms with Crippen LogP contribution in [0.25, 0.3) is 10.9 Å². The largest absolute Gasteiger partial charge is 0.343 e. The van der Waals surface area contributed by atoms with Crippen molar-refractivity contribution in [1.82, 2.24) is 14.5 Å². The fraction of sp³-hybridized carbons (Fsp3) is 0.448. The Balaban J connectivity index is 1.45. The predicted octanol–water partition coefficient (Wildman–Crippen LogP) is 5.45. The van der Waals surface area contributed by atoms with Crippen LogP contribution in [0.4, 0.5) is 5.69 Å². The number of fused-ring (bicyclic) bond motifs is 3. The molecule has 192 valence electrons. The van der Waals surface area contributed by atoms with Gasteiger partial charge in [0.2, 0.25) is 11.8 Å². The van der Waals surface area contributed by atoms with E-state index in [9.17, 15) is 9.59 Å². The highest BCUT2D eigenvalue weighted by atomic mass is 35.5. The van der Waals surface area contributed by atoms with Crippen LogP contribution in [0.2, 0.25) is 5.02 Å². The van der Waals surface area contributed by atoms with E-state index in [1.165, 1.54) is 0 Å². The Hall–Kier alpha value is -3.37. The third kappa shape index (κ3) is 4.59. The minimum Gasteiger partial charge on any atom is -0.343 e. The van der Waals surface area contributed by atoms with Crippen molar-refractivity contribution < 1.29 is 9.59 Å². The number of carbonyl (C=O) groups excluding carboxylic acids is 2. The summed E-state index contributed by atoms with van der Waals surface area (Å²) in [7, 11) is 0. The maximum absolute atomic E-state index is 14.2. The number of pyridine rings is 1. The summed E-state index contributed by atoms with van der Waals surface area (Å²) in [6.07, 6.45) is 6.51. The van der Waals surface area contributed by atoms with E-state index in [1.807, 2.05) is 34.1 Å². The number of nitrogens with zero attached hydrogens (tertiary/aromatic N) is 5. The maximum Gasteiger partial charge on any atom is 0.238 e. The lowest BCUT2D eigenvalue weighted by Gasteiger charge is -2.38. The molecule has 2 aliphatic heterocycles. The zero-order chi connectivity index (χ0) is 26.2. The number of hydrogen-bond acceptors (Lipinski definition) is 4. The van der Waals surface area contributed by atoms with Gasteiger partial charge in [-0.2, -0.15) is 5.26 Å². The zero-order valence-corrected chi connectivity index (χ0v) is 22.2. The number of rotatable bonds is 7. The summed E-state index contributed by atoms with van der Waals surface area (Å²) < 4.78 is 2.20. The summed E-state index contributed by atoms with van der Waals surface area (Å²) in [5, 5.41) is 10.7. The van der Waals surface area contributed by atoms with Gasteiger partial charge in [0, 0.05) is 60.3 Å². The first-order valence-electron chi connectivity index (χ1n) is 13.0. The van der Waals surface area contributed by atoms with Crippen LogP contribution in [-0.2, 0) is 28.1 Å². The van der Waals surface area contributed by atoms with Gasteiger partial charge in [-0.25, -0.2) is 0 Å². The maximum atomic E-state index is 14.2. The van der Waals surface area contributed by atoms with E-state index in [0.717, 1.165) is 34.3 Å². The number of carbonyl (C=O) groups is 2. The van der Waals surface area contributed by atoms with Gasteiger partial charge in [-0.3, -0.25) is 14.6 Å². The van der Waals surface area contributed by atoms with Gasteiger partial charge in [0.1, 0.15) is 0 Å². The Morgan fingerprint density at radius 3 is 2.73 bits per heavy atom. The lowest BCUT2D eigenvalue weighted by molar-refractivity contribution is -0.136. The van der Waals surface area contributed by atoms with Gasteiger partial charge >= 0.3 is 0 Å². The summed E-state index contributed by atoms with van der Waals surface area (Å²) in [5.74, 6) is 0.564. The Morgan fingerprint density at radius 2 is 2.00 bits per heavy atom. The normalized spacial score (nSPS) is 16.6. The Bertz CT molecular complexity index is 1380. The summed E-state index contributed by atoms with van der Waals surface area (Å²) in [6.45, 7) is 6.37. The number of amides is 2. The molecule has 2 aliphatic rings. The van der Waals surface area contributed by atoms with Crippen LogP contribution in [0, 0.1) is 17.2 Å². The van der Waals surface area contributed by atoms with E-state index in [4.69, 9.17) is 16.9 Å². The Labute approximate surface area is 222 Å². The molecule has 7 nitrogen and oxygen atoms in total. The average Bonchev–Trinajstić information content (AvgIpc) is 3.32. The molecule has 4 heterocycles. The van der Waals surface area contributed by atoms with Crippen molar-refractivity contribution in [3.05, 3.63) is 59.0 Å². The van der Waals surface area contributed by atoms with Crippen LogP contribution >= 0.6 is 11.6 Å². The molecular weight excluding hydrogens is 486 g/mol. The van der Waals surface area contributed by atoms with Gasteiger partial charge in [0.15, 0.2) is 0 Å². The van der Waals surface area contributed by atoms with Gasteiger partial charge in [-0.1, -0.05) is 25.4 Å². The number of aromatic nitrogens is 2. The van der Waals surface area contributed by atoms with Gasteiger partial charge in [0.05, 0.1) is 29.9 Å². The minimum absolute atomic E-state index is 0.0818. The van der Waals surface area contributed by atoms with E-state index >= 15 is 0 Å². The van der Waals surface area contributed by atoms with Crippen LogP contribution in [0.1, 0.15) is 57.2 Å². The van der Waals surface area contributed by atoms with Crippen LogP contribution < -0.4 is 4.90 Å². The molecule has 8 heteroatoms. The highest BCUT2D eigenvalue weighted by Gasteiger charge is 2.52. The molecule has 37 heavy (non-hydrogen) atoms. The van der Waals surface area contributed by atoms with E-state index in [2.05, 4.69) is 35.5 Å². The SMILES string of the molecule is CC(C)CC(=O)N1CCC2(CC1)C(=O)N(Cc1cc3cc(Cl)ccc3n1CCCC#N)c1cnccc12. The topological polar surface area (TPSA) is 82.2 Å². The number of likely N-dealkylation sites (tertiary alicyclic amines) is 1. The van der Waals surface area contributed by atoms with Crippen LogP contribution in [0.15, 0.2) is 42.7 Å². The first-order valence-corrected chi connectivity index (χ1v) is 13.4. The first kappa shape index (κ1) is 25.3. The average molecular weight is 518 g/mol. The zero-order valence-electron chi connectivity index (χ0n) is 21.4. The van der Waals surface area contributed by atoms with Gasteiger partial charge in [-0.05, 0) is 61.1 Å². The van der Waals surface area contributed by atoms with E-state index in [-0.39, 0.29) is 11.8 Å². The molecule has 0 atom stereocenters. The second-order valence-electron chi connectivity index (χ2n) is 10.6. The molecule has 0 aliphatic carbocycles. The fourth-order valence-corrected chi connectivity index (χ4v) is 6.10. The number of aryl methyl sites for hydroxylation is 1. The first-order chi connectivity index (χ1) is 17.8. The lowest BCUT2D eigenvalue weighted by atomic mass is 9.74. The van der Waals surface area contributed by atoms with Crippen LogP contribution in [0.5, 0.6) is 0 Å². The molecular formula is C29H32ClN5O2. The molecule has 0 unspecified atom stereocenters. The molecule has 0 N–H and O–H groups in total. The van der Waals surface area contributed by atoms with E-state index in [0.29, 0.717) is 62.8 Å². The third-order valence-corrected chi connectivity index (χ3v) is 7.99. The number of piperidine rings is 1. The highest BCUT2D eigenvalue weighted by Crippen LogP contribution is 2.48. The smallest absolute Gasteiger partial charge is 0.238 e. The minimum atomic E-state index is -0.631. The highest BCUT2D eigenvalue weighted by molar-refractivity contribution is 6.31. The van der Waals surface area contributed by atoms with Crippen molar-refractivity contribution in [1.29, 1.82) is 5.26 Å². The number of halogens is 1. The second kappa shape index (κ2) is 10.2. The summed E-state index contributed by atoms with van der Waals surface area (Å²) >= 11 is 6.27. The molecule has 2 amide bonds. The summed E-state index contributed by atoms with van der Waals surface area (Å²) in [4.78, 5) is 35.0. The molecule has 3 aromatic rings.